The highest BCUT2D eigenvalue weighted by Gasteiger charge is 2.24. The van der Waals surface area contributed by atoms with E-state index >= 15 is 0 Å². The highest BCUT2D eigenvalue weighted by atomic mass is 15.0. The van der Waals surface area contributed by atoms with Crippen LogP contribution in [0.4, 0.5) is 5.69 Å². The zero-order valence-corrected chi connectivity index (χ0v) is 36.9. The van der Waals surface area contributed by atoms with Crippen molar-refractivity contribution in [2.75, 3.05) is 0 Å². The van der Waals surface area contributed by atoms with Gasteiger partial charge >= 0.3 is 0 Å². The summed E-state index contributed by atoms with van der Waals surface area (Å²) in [6.07, 6.45) is 0. The summed E-state index contributed by atoms with van der Waals surface area (Å²) >= 11 is 0. The summed E-state index contributed by atoms with van der Waals surface area (Å²) in [6.45, 7) is 12.2. The van der Waals surface area contributed by atoms with Crippen molar-refractivity contribution in [3.05, 3.63) is 240 Å². The second-order valence-corrected chi connectivity index (χ2v) is 16.9. The van der Waals surface area contributed by atoms with Crippen LogP contribution in [0, 0.1) is 31.8 Å². The Hall–Kier alpha value is -9.16. The lowest BCUT2D eigenvalue weighted by Gasteiger charge is -2.21. The second-order valence-electron chi connectivity index (χ2n) is 16.9. The molecule has 0 aliphatic carbocycles. The number of hydrogen-bond donors (Lipinski definition) is 0. The van der Waals surface area contributed by atoms with Crippen LogP contribution in [0.2, 0.25) is 0 Å². The van der Waals surface area contributed by atoms with Gasteiger partial charge < -0.3 is 4.57 Å². The summed E-state index contributed by atoms with van der Waals surface area (Å²) < 4.78 is 2.41. The van der Waals surface area contributed by atoms with Gasteiger partial charge in [-0.05, 0) is 113 Å². The fourth-order valence-corrected chi connectivity index (χ4v) is 9.36. The van der Waals surface area contributed by atoms with Gasteiger partial charge in [-0.2, -0.15) is 5.26 Å². The minimum absolute atomic E-state index is 0.564. The first kappa shape index (κ1) is 40.6. The van der Waals surface area contributed by atoms with E-state index in [9.17, 15) is 5.26 Å². The van der Waals surface area contributed by atoms with E-state index in [2.05, 4.69) is 145 Å². The second kappa shape index (κ2) is 17.1. The van der Waals surface area contributed by atoms with Gasteiger partial charge in [0, 0.05) is 38.6 Å². The fourth-order valence-electron chi connectivity index (χ4n) is 9.36. The van der Waals surface area contributed by atoms with Crippen LogP contribution in [0.3, 0.4) is 0 Å². The maximum absolute atomic E-state index is 9.96. The maximum Gasteiger partial charge on any atom is 0.187 e. The van der Waals surface area contributed by atoms with Crippen LogP contribution in [0.15, 0.2) is 212 Å². The molecule has 2 aromatic heterocycles. The first-order chi connectivity index (χ1) is 32.9. The Kier molecular flexibility index (Phi) is 10.4. The highest BCUT2D eigenvalue weighted by molar-refractivity contribution is 6.13. The standard InChI is InChI=1S/C62H41N5/c1-40-14-10-12-20-51(40)47-28-32-59-55(34-47)56-35-48(52-21-13-11-15-41(52)2)29-33-60(56)67(59)61-53(43-24-22-42(39-63)23-25-43)36-49(37-54(61)44-26-30-50(64-3)31-27-44)58-38-57(45-16-6-4-7-17-45)65-62(66-58)46-18-8-5-9-19-46/h4-38H,1-2H3. The quantitative estimate of drug-likeness (QED) is 0.143. The van der Waals surface area contributed by atoms with E-state index < -0.39 is 0 Å². The van der Waals surface area contributed by atoms with Crippen LogP contribution >= 0.6 is 0 Å². The van der Waals surface area contributed by atoms with Gasteiger partial charge in [-0.25, -0.2) is 14.8 Å². The molecule has 0 unspecified atom stereocenters. The average molecular weight is 856 g/mol. The topological polar surface area (TPSA) is 58.9 Å². The Balaban J connectivity index is 1.26. The molecule has 5 nitrogen and oxygen atoms in total. The molecule has 314 valence electrons. The molecule has 2 heterocycles. The van der Waals surface area contributed by atoms with Crippen molar-refractivity contribution in [1.82, 2.24) is 14.5 Å². The van der Waals surface area contributed by atoms with Gasteiger partial charge in [0.25, 0.3) is 0 Å². The van der Waals surface area contributed by atoms with Gasteiger partial charge in [0.1, 0.15) is 0 Å². The lowest BCUT2D eigenvalue weighted by atomic mass is 9.91. The lowest BCUT2D eigenvalue weighted by Crippen LogP contribution is -2.03. The Morgan fingerprint density at radius 3 is 1.40 bits per heavy atom. The Bertz CT molecular complexity index is 3520. The third kappa shape index (κ3) is 7.51. The van der Waals surface area contributed by atoms with Gasteiger partial charge in [0.15, 0.2) is 11.5 Å². The summed E-state index contributed by atoms with van der Waals surface area (Å²) in [4.78, 5) is 14.2. The summed E-state index contributed by atoms with van der Waals surface area (Å²) in [7, 11) is 0. The Morgan fingerprint density at radius 2 is 0.896 bits per heavy atom. The molecule has 0 spiro atoms. The van der Waals surface area contributed by atoms with Crippen molar-refractivity contribution in [3.8, 4) is 90.2 Å². The number of nitrogens with zero attached hydrogens (tertiary/aromatic N) is 5. The van der Waals surface area contributed by atoms with Crippen molar-refractivity contribution >= 4 is 27.5 Å². The van der Waals surface area contributed by atoms with E-state index in [1.165, 1.54) is 22.3 Å². The molecule has 67 heavy (non-hydrogen) atoms. The van der Waals surface area contributed by atoms with E-state index in [1.54, 1.807) is 0 Å². The summed E-state index contributed by atoms with van der Waals surface area (Å²) in [5, 5.41) is 12.2. The molecule has 11 aromatic rings. The zero-order chi connectivity index (χ0) is 45.4. The summed E-state index contributed by atoms with van der Waals surface area (Å²) in [6, 6.07) is 75.7. The van der Waals surface area contributed by atoms with Gasteiger partial charge in [-0.15, -0.1) is 0 Å². The van der Waals surface area contributed by atoms with Crippen molar-refractivity contribution in [2.45, 2.75) is 13.8 Å². The molecular formula is C62H41N5. The maximum atomic E-state index is 9.96. The van der Waals surface area contributed by atoms with E-state index in [0.29, 0.717) is 17.1 Å². The molecule has 0 saturated heterocycles. The number of fused-ring (bicyclic) bond motifs is 3. The first-order valence-electron chi connectivity index (χ1n) is 22.3. The highest BCUT2D eigenvalue weighted by Crippen LogP contribution is 2.46. The number of hydrogen-bond acceptors (Lipinski definition) is 3. The van der Waals surface area contributed by atoms with Crippen molar-refractivity contribution < 1.29 is 0 Å². The number of aromatic nitrogens is 3. The summed E-state index contributed by atoms with van der Waals surface area (Å²) in [5.74, 6) is 0.625. The molecular weight excluding hydrogens is 815 g/mol. The van der Waals surface area contributed by atoms with E-state index in [0.717, 1.165) is 89.0 Å². The average Bonchev–Trinajstić information content (AvgIpc) is 3.71. The van der Waals surface area contributed by atoms with Gasteiger partial charge in [-0.1, -0.05) is 158 Å². The predicted octanol–water partition coefficient (Wildman–Crippen LogP) is 16.3. The smallest absolute Gasteiger partial charge is 0.187 e. The lowest BCUT2D eigenvalue weighted by molar-refractivity contribution is 1.17. The van der Waals surface area contributed by atoms with Crippen LogP contribution in [0.25, 0.3) is 111 Å². The summed E-state index contributed by atoms with van der Waals surface area (Å²) in [5.41, 5.74) is 19.5. The van der Waals surface area contributed by atoms with Crippen LogP contribution < -0.4 is 0 Å². The van der Waals surface area contributed by atoms with Gasteiger partial charge in [-0.3, -0.25) is 0 Å². The van der Waals surface area contributed by atoms with Crippen LogP contribution in [-0.2, 0) is 0 Å². The Morgan fingerprint density at radius 1 is 0.433 bits per heavy atom. The molecule has 9 aromatic carbocycles. The number of nitriles is 1. The van der Waals surface area contributed by atoms with Crippen LogP contribution in [0.5, 0.6) is 0 Å². The molecule has 0 amide bonds. The number of rotatable bonds is 8. The largest absolute Gasteiger partial charge is 0.308 e. The van der Waals surface area contributed by atoms with Gasteiger partial charge in [0.2, 0.25) is 0 Å². The molecule has 0 aliphatic rings. The molecule has 0 radical (unpaired) electrons. The fraction of sp³-hybridized carbons (Fsp3) is 0.0323. The SMILES string of the molecule is [C-]#[N+]c1ccc(-c2cc(-c3cc(-c4ccccc4)nc(-c4ccccc4)n3)cc(-c3ccc(C#N)cc3)c2-n2c3ccc(-c4ccccc4C)cc3c3cc(-c4ccccc4C)ccc32)cc1. The predicted molar refractivity (Wildman–Crippen MR) is 275 cm³/mol. The zero-order valence-electron chi connectivity index (χ0n) is 36.9. The third-order valence-electron chi connectivity index (χ3n) is 12.8. The van der Waals surface area contributed by atoms with Crippen LogP contribution in [0.1, 0.15) is 16.7 Å². The van der Waals surface area contributed by atoms with E-state index in [1.807, 2.05) is 97.1 Å². The van der Waals surface area contributed by atoms with E-state index in [-0.39, 0.29) is 0 Å². The minimum Gasteiger partial charge on any atom is -0.308 e. The van der Waals surface area contributed by atoms with Gasteiger partial charge in [0.05, 0.1) is 46.3 Å². The van der Waals surface area contributed by atoms with Crippen LogP contribution in [-0.4, -0.2) is 14.5 Å². The molecule has 11 rings (SSSR count). The Labute approximate surface area is 390 Å². The molecule has 0 bridgehead atoms. The van der Waals surface area contributed by atoms with Crippen molar-refractivity contribution in [2.24, 2.45) is 0 Å². The third-order valence-corrected chi connectivity index (χ3v) is 12.8. The molecule has 0 N–H and O–H groups in total. The minimum atomic E-state index is 0.564. The van der Waals surface area contributed by atoms with E-state index in [4.69, 9.17) is 16.5 Å². The normalized spacial score (nSPS) is 11.1. The molecule has 0 atom stereocenters. The van der Waals surface area contributed by atoms with Crippen molar-refractivity contribution in [3.63, 3.8) is 0 Å². The number of aryl methyl sites for hydroxylation is 2. The molecule has 0 aliphatic heterocycles. The first-order valence-corrected chi connectivity index (χ1v) is 22.3. The number of benzene rings is 9. The molecule has 0 saturated carbocycles. The van der Waals surface area contributed by atoms with Crippen molar-refractivity contribution in [1.29, 1.82) is 5.26 Å². The molecule has 0 fully saturated rings. The molecule has 5 heteroatoms. The monoisotopic (exact) mass is 855 g/mol.